The summed E-state index contributed by atoms with van der Waals surface area (Å²) in [5, 5.41) is 12.1. The minimum Gasteiger partial charge on any atom is -0.488 e. The van der Waals surface area contributed by atoms with Gasteiger partial charge in [0.2, 0.25) is 0 Å². The molecule has 0 saturated heterocycles. The quantitative estimate of drug-likeness (QED) is 0.837. The van der Waals surface area contributed by atoms with Gasteiger partial charge in [-0.2, -0.15) is 5.26 Å². The van der Waals surface area contributed by atoms with Crippen LogP contribution in [0.2, 0.25) is 0 Å². The van der Waals surface area contributed by atoms with Crippen molar-refractivity contribution in [2.45, 2.75) is 12.5 Å². The van der Waals surface area contributed by atoms with Gasteiger partial charge < -0.3 is 15.8 Å². The van der Waals surface area contributed by atoms with Gasteiger partial charge in [-0.05, 0) is 29.8 Å². The lowest BCUT2D eigenvalue weighted by Crippen LogP contribution is -2.24. The predicted molar refractivity (Wildman–Crippen MR) is 78.6 cm³/mol. The van der Waals surface area contributed by atoms with Crippen LogP contribution in [0.25, 0.3) is 0 Å². The van der Waals surface area contributed by atoms with E-state index in [9.17, 15) is 0 Å². The van der Waals surface area contributed by atoms with Crippen molar-refractivity contribution in [3.05, 3.63) is 53.6 Å². The van der Waals surface area contributed by atoms with Crippen LogP contribution in [0.3, 0.4) is 0 Å². The third-order valence-corrected chi connectivity index (χ3v) is 3.41. The molecule has 0 radical (unpaired) electrons. The van der Waals surface area contributed by atoms with E-state index in [4.69, 9.17) is 15.7 Å². The average molecular weight is 265 g/mol. The van der Waals surface area contributed by atoms with Gasteiger partial charge in [-0.25, -0.2) is 0 Å². The molecule has 0 aromatic heterocycles. The van der Waals surface area contributed by atoms with Crippen LogP contribution in [-0.2, 0) is 6.42 Å². The monoisotopic (exact) mass is 265 g/mol. The number of nitrogens with one attached hydrogen (secondary N) is 1. The molecular weight excluding hydrogens is 250 g/mol. The molecule has 3 N–H and O–H groups in total. The van der Waals surface area contributed by atoms with Crippen molar-refractivity contribution >= 4 is 11.4 Å². The molecule has 0 bridgehead atoms. The van der Waals surface area contributed by atoms with Gasteiger partial charge in [0.25, 0.3) is 0 Å². The zero-order valence-electron chi connectivity index (χ0n) is 11.0. The first kappa shape index (κ1) is 12.4. The van der Waals surface area contributed by atoms with Crippen LogP contribution in [0.4, 0.5) is 11.4 Å². The highest BCUT2D eigenvalue weighted by Crippen LogP contribution is 2.28. The summed E-state index contributed by atoms with van der Waals surface area (Å²) in [7, 11) is 0. The van der Waals surface area contributed by atoms with Crippen LogP contribution in [0.15, 0.2) is 42.5 Å². The Morgan fingerprint density at radius 3 is 2.90 bits per heavy atom. The molecule has 20 heavy (non-hydrogen) atoms. The molecule has 3 rings (SSSR count). The summed E-state index contributed by atoms with van der Waals surface area (Å²) >= 11 is 0. The Balaban J connectivity index is 1.63. The third kappa shape index (κ3) is 2.39. The number of para-hydroxylation sites is 1. The molecule has 4 nitrogen and oxygen atoms in total. The van der Waals surface area contributed by atoms with Gasteiger partial charge in [-0.3, -0.25) is 0 Å². The van der Waals surface area contributed by atoms with Crippen LogP contribution < -0.4 is 15.8 Å². The molecule has 2 aromatic rings. The van der Waals surface area contributed by atoms with Crippen LogP contribution in [0.1, 0.15) is 11.1 Å². The zero-order chi connectivity index (χ0) is 13.9. The van der Waals surface area contributed by atoms with Crippen molar-refractivity contribution in [3.63, 3.8) is 0 Å². The summed E-state index contributed by atoms with van der Waals surface area (Å²) in [6, 6.07) is 15.4. The van der Waals surface area contributed by atoms with Crippen molar-refractivity contribution in [1.82, 2.24) is 0 Å². The number of nitrogens with zero attached hydrogens (tertiary/aromatic N) is 1. The number of nitrogen functional groups attached to an aromatic ring is 1. The van der Waals surface area contributed by atoms with E-state index in [1.165, 1.54) is 5.56 Å². The Morgan fingerprint density at radius 2 is 2.15 bits per heavy atom. The van der Waals surface area contributed by atoms with Crippen molar-refractivity contribution in [1.29, 1.82) is 5.26 Å². The van der Waals surface area contributed by atoms with Gasteiger partial charge in [0, 0.05) is 6.42 Å². The van der Waals surface area contributed by atoms with E-state index < -0.39 is 0 Å². The average Bonchev–Trinajstić information content (AvgIpc) is 2.88. The molecule has 0 fully saturated rings. The Labute approximate surface area is 117 Å². The molecule has 0 spiro atoms. The van der Waals surface area contributed by atoms with E-state index in [2.05, 4.69) is 17.5 Å². The second-order valence-electron chi connectivity index (χ2n) is 4.85. The number of nitrogens with two attached hydrogens (primary N) is 1. The second-order valence-corrected chi connectivity index (χ2v) is 4.85. The molecular formula is C16H15N3O. The highest BCUT2D eigenvalue weighted by Gasteiger charge is 2.21. The van der Waals surface area contributed by atoms with Gasteiger partial charge in [0.05, 0.1) is 29.6 Å². The first-order valence-corrected chi connectivity index (χ1v) is 6.54. The Kier molecular flexibility index (Phi) is 3.18. The SMILES string of the molecule is N#Cc1ccc(NCC2Cc3ccccc3O2)c(N)c1. The normalized spacial score (nSPS) is 16.1. The van der Waals surface area contributed by atoms with Crippen LogP contribution >= 0.6 is 0 Å². The van der Waals surface area contributed by atoms with Crippen molar-refractivity contribution in [2.24, 2.45) is 0 Å². The van der Waals surface area contributed by atoms with Crippen molar-refractivity contribution in [2.75, 3.05) is 17.6 Å². The maximum Gasteiger partial charge on any atom is 0.123 e. The Bertz CT molecular complexity index is 651. The fraction of sp³-hybridized carbons (Fsp3) is 0.188. The van der Waals surface area contributed by atoms with E-state index in [1.807, 2.05) is 24.3 Å². The van der Waals surface area contributed by atoms with Gasteiger partial charge in [0.15, 0.2) is 0 Å². The number of hydrogen-bond acceptors (Lipinski definition) is 4. The molecule has 1 atom stereocenters. The van der Waals surface area contributed by atoms with Gasteiger partial charge in [-0.1, -0.05) is 18.2 Å². The molecule has 4 heteroatoms. The minimum atomic E-state index is 0.113. The maximum atomic E-state index is 8.81. The molecule has 1 heterocycles. The largest absolute Gasteiger partial charge is 0.488 e. The standard InChI is InChI=1S/C16H15N3O/c17-9-11-5-6-15(14(18)7-11)19-10-13-8-12-3-1-2-4-16(12)20-13/h1-7,13,19H,8,10,18H2. The number of fused-ring (bicyclic) bond motifs is 1. The van der Waals surface area contributed by atoms with Crippen LogP contribution in [0.5, 0.6) is 5.75 Å². The Morgan fingerprint density at radius 1 is 1.30 bits per heavy atom. The van der Waals surface area contributed by atoms with Gasteiger partial charge in [-0.15, -0.1) is 0 Å². The second kappa shape index (κ2) is 5.14. The first-order chi connectivity index (χ1) is 9.76. The molecule has 100 valence electrons. The molecule has 1 unspecified atom stereocenters. The highest BCUT2D eigenvalue weighted by molar-refractivity contribution is 5.68. The van der Waals surface area contributed by atoms with Gasteiger partial charge >= 0.3 is 0 Å². The topological polar surface area (TPSA) is 71.1 Å². The number of ether oxygens (including phenoxy) is 1. The van der Waals surface area contributed by atoms with Crippen molar-refractivity contribution in [3.8, 4) is 11.8 Å². The summed E-state index contributed by atoms with van der Waals surface area (Å²) in [6.07, 6.45) is 1.02. The number of nitriles is 1. The summed E-state index contributed by atoms with van der Waals surface area (Å²) in [5.74, 6) is 0.965. The lowest BCUT2D eigenvalue weighted by molar-refractivity contribution is 0.246. The van der Waals surface area contributed by atoms with Crippen molar-refractivity contribution < 1.29 is 4.74 Å². The van der Waals surface area contributed by atoms with E-state index in [0.717, 1.165) is 17.9 Å². The lowest BCUT2D eigenvalue weighted by Gasteiger charge is -2.14. The number of anilines is 2. The van der Waals surface area contributed by atoms with Crippen LogP contribution in [-0.4, -0.2) is 12.6 Å². The van der Waals surface area contributed by atoms with E-state index in [1.54, 1.807) is 12.1 Å². The van der Waals surface area contributed by atoms with Gasteiger partial charge in [0.1, 0.15) is 11.9 Å². The van der Waals surface area contributed by atoms with E-state index in [-0.39, 0.29) is 6.10 Å². The lowest BCUT2D eigenvalue weighted by atomic mass is 10.1. The van der Waals surface area contributed by atoms with Crippen LogP contribution in [0, 0.1) is 11.3 Å². The summed E-state index contributed by atoms with van der Waals surface area (Å²) in [6.45, 7) is 0.685. The fourth-order valence-electron chi connectivity index (χ4n) is 2.38. The maximum absolute atomic E-state index is 8.81. The summed E-state index contributed by atoms with van der Waals surface area (Å²) in [4.78, 5) is 0. The smallest absolute Gasteiger partial charge is 0.123 e. The number of benzene rings is 2. The predicted octanol–water partition coefficient (Wildman–Crippen LogP) is 2.56. The summed E-state index contributed by atoms with van der Waals surface area (Å²) < 4.78 is 5.86. The first-order valence-electron chi connectivity index (χ1n) is 6.54. The summed E-state index contributed by atoms with van der Waals surface area (Å²) in [5.41, 5.74) is 9.14. The molecule has 0 saturated carbocycles. The Hall–Kier alpha value is -2.67. The minimum absolute atomic E-state index is 0.113. The fourth-order valence-corrected chi connectivity index (χ4v) is 2.38. The number of hydrogen-bond donors (Lipinski definition) is 2. The molecule has 1 aliphatic heterocycles. The molecule has 1 aliphatic rings. The molecule has 2 aromatic carbocycles. The number of rotatable bonds is 3. The highest BCUT2D eigenvalue weighted by atomic mass is 16.5. The molecule has 0 amide bonds. The third-order valence-electron chi connectivity index (χ3n) is 3.41. The van der Waals surface area contributed by atoms with E-state index >= 15 is 0 Å². The molecule has 0 aliphatic carbocycles. The van der Waals surface area contributed by atoms with E-state index in [0.29, 0.717) is 17.8 Å². The zero-order valence-corrected chi connectivity index (χ0v) is 11.0.